The highest BCUT2D eigenvalue weighted by molar-refractivity contribution is 5.97. The van der Waals surface area contributed by atoms with Crippen LogP contribution < -0.4 is 11.1 Å². The molecule has 0 aliphatic carbocycles. The van der Waals surface area contributed by atoms with Crippen LogP contribution in [-0.4, -0.2) is 26.1 Å². The third kappa shape index (κ3) is 3.92. The van der Waals surface area contributed by atoms with E-state index >= 15 is 0 Å². The van der Waals surface area contributed by atoms with Gasteiger partial charge in [-0.25, -0.2) is 9.97 Å². The number of oxime groups is 1. The first-order valence-electron chi connectivity index (χ1n) is 7.35. The van der Waals surface area contributed by atoms with Crippen LogP contribution in [0.25, 0.3) is 11.3 Å². The van der Waals surface area contributed by atoms with E-state index in [0.717, 1.165) is 12.1 Å². The first-order chi connectivity index (χ1) is 12.8. The fourth-order valence-corrected chi connectivity index (χ4v) is 2.18. The molecule has 1 aromatic carbocycles. The van der Waals surface area contributed by atoms with Crippen LogP contribution in [0, 0.1) is 0 Å². The van der Waals surface area contributed by atoms with Crippen molar-refractivity contribution >= 4 is 17.5 Å². The summed E-state index contributed by atoms with van der Waals surface area (Å²) in [6, 6.07) is 5.71. The molecule has 8 nitrogen and oxygen atoms in total. The van der Waals surface area contributed by atoms with Gasteiger partial charge in [-0.05, 0) is 12.1 Å². The number of nitrogens with two attached hydrogens (primary N) is 1. The number of amidine groups is 1. The van der Waals surface area contributed by atoms with Crippen LogP contribution in [0.4, 0.5) is 24.9 Å². The zero-order chi connectivity index (χ0) is 19.6. The van der Waals surface area contributed by atoms with Crippen LogP contribution in [0.1, 0.15) is 11.3 Å². The maximum atomic E-state index is 12.6. The maximum Gasteiger partial charge on any atom is 0.416 e. The van der Waals surface area contributed by atoms with E-state index in [2.05, 4.69) is 20.4 Å². The highest BCUT2D eigenvalue weighted by atomic mass is 19.4. The van der Waals surface area contributed by atoms with E-state index in [1.165, 1.54) is 30.6 Å². The van der Waals surface area contributed by atoms with E-state index < -0.39 is 11.7 Å². The zero-order valence-corrected chi connectivity index (χ0v) is 13.4. The SMILES string of the molecule is NC(=NO)c1ncc(Nc2ncc(-c3ccc(C(F)(F)F)cc3)o2)cc1O. The number of anilines is 2. The predicted molar refractivity (Wildman–Crippen MR) is 88.6 cm³/mol. The number of aromatic nitrogens is 2. The second kappa shape index (κ2) is 6.86. The molecule has 0 unspecified atom stereocenters. The van der Waals surface area contributed by atoms with Crippen LogP contribution in [0.15, 0.2) is 52.3 Å². The second-order valence-corrected chi connectivity index (χ2v) is 5.31. The minimum atomic E-state index is -4.42. The molecular formula is C16H12F3N5O3. The minimum absolute atomic E-state index is 0.0302. The first-order valence-corrected chi connectivity index (χ1v) is 7.35. The molecule has 5 N–H and O–H groups in total. The van der Waals surface area contributed by atoms with Gasteiger partial charge in [0.05, 0.1) is 23.6 Å². The summed E-state index contributed by atoms with van der Waals surface area (Å²) in [5.74, 6) is -0.457. The lowest BCUT2D eigenvalue weighted by Gasteiger charge is -2.06. The summed E-state index contributed by atoms with van der Waals surface area (Å²) < 4.78 is 43.2. The largest absolute Gasteiger partial charge is 0.505 e. The Hall–Kier alpha value is -3.76. The molecule has 0 saturated carbocycles. The quantitative estimate of drug-likeness (QED) is 0.237. The van der Waals surface area contributed by atoms with Crippen molar-refractivity contribution in [3.05, 3.63) is 54.0 Å². The van der Waals surface area contributed by atoms with Crippen LogP contribution in [-0.2, 0) is 6.18 Å². The number of alkyl halides is 3. The summed E-state index contributed by atoms with van der Waals surface area (Å²) in [5, 5.41) is 23.9. The van der Waals surface area contributed by atoms with Gasteiger partial charge in [0.25, 0.3) is 6.01 Å². The summed E-state index contributed by atoms with van der Waals surface area (Å²) in [5.41, 5.74) is 5.18. The van der Waals surface area contributed by atoms with Gasteiger partial charge in [-0.2, -0.15) is 13.2 Å². The first kappa shape index (κ1) is 18.0. The van der Waals surface area contributed by atoms with Crippen molar-refractivity contribution in [2.24, 2.45) is 10.9 Å². The molecule has 0 aliphatic rings. The number of halogens is 3. The Bertz CT molecular complexity index is 984. The summed E-state index contributed by atoms with van der Waals surface area (Å²) in [6.07, 6.45) is -1.80. The number of aromatic hydroxyl groups is 1. The maximum absolute atomic E-state index is 12.6. The molecule has 0 radical (unpaired) electrons. The third-order valence-electron chi connectivity index (χ3n) is 3.47. The van der Waals surface area contributed by atoms with Crippen LogP contribution in [0.5, 0.6) is 5.75 Å². The van der Waals surface area contributed by atoms with Crippen LogP contribution in [0.2, 0.25) is 0 Å². The second-order valence-electron chi connectivity index (χ2n) is 5.31. The monoisotopic (exact) mass is 379 g/mol. The number of nitrogens with zero attached hydrogens (tertiary/aromatic N) is 3. The molecule has 2 aromatic heterocycles. The summed E-state index contributed by atoms with van der Waals surface area (Å²) >= 11 is 0. The molecule has 3 rings (SSSR count). The standard InChI is InChI=1S/C16H12F3N5O3/c17-16(18,19)9-3-1-8(2-4-9)12-7-22-15(27-12)23-10-5-11(25)13(21-6-10)14(20)24-26/h1-7,25-26H,(H2,20,24)(H,22,23). The molecule has 2 heterocycles. The Morgan fingerprint density at radius 1 is 1.15 bits per heavy atom. The summed E-state index contributed by atoms with van der Waals surface area (Å²) in [7, 11) is 0. The van der Waals surface area contributed by atoms with Crippen LogP contribution >= 0.6 is 0 Å². The molecular weight excluding hydrogens is 367 g/mol. The molecule has 0 amide bonds. The summed E-state index contributed by atoms with van der Waals surface area (Å²) in [4.78, 5) is 7.80. The van der Waals surface area contributed by atoms with Crippen molar-refractivity contribution in [2.75, 3.05) is 5.32 Å². The van der Waals surface area contributed by atoms with E-state index in [1.54, 1.807) is 0 Å². The van der Waals surface area contributed by atoms with Crippen molar-refractivity contribution in [3.8, 4) is 17.1 Å². The lowest BCUT2D eigenvalue weighted by atomic mass is 10.1. The Morgan fingerprint density at radius 2 is 1.85 bits per heavy atom. The number of benzene rings is 1. The topological polar surface area (TPSA) is 130 Å². The lowest BCUT2D eigenvalue weighted by Crippen LogP contribution is -2.15. The molecule has 3 aromatic rings. The Kier molecular flexibility index (Phi) is 4.59. The molecule has 27 heavy (non-hydrogen) atoms. The van der Waals surface area contributed by atoms with Crippen molar-refractivity contribution < 1.29 is 27.9 Å². The van der Waals surface area contributed by atoms with Gasteiger partial charge in [0.2, 0.25) is 0 Å². The molecule has 0 fully saturated rings. The predicted octanol–water partition coefficient (Wildman–Crippen LogP) is 3.30. The zero-order valence-electron chi connectivity index (χ0n) is 13.4. The molecule has 0 saturated heterocycles. The summed E-state index contributed by atoms with van der Waals surface area (Å²) in [6.45, 7) is 0. The number of oxazole rings is 1. The fourth-order valence-electron chi connectivity index (χ4n) is 2.18. The van der Waals surface area contributed by atoms with E-state index in [-0.39, 0.29) is 29.1 Å². The van der Waals surface area contributed by atoms with Gasteiger partial charge in [0.15, 0.2) is 17.3 Å². The number of rotatable bonds is 4. The van der Waals surface area contributed by atoms with Crippen molar-refractivity contribution in [1.29, 1.82) is 0 Å². The number of hydrogen-bond acceptors (Lipinski definition) is 7. The van der Waals surface area contributed by atoms with E-state index in [1.807, 2.05) is 0 Å². The smallest absolute Gasteiger partial charge is 0.416 e. The van der Waals surface area contributed by atoms with Crippen molar-refractivity contribution in [3.63, 3.8) is 0 Å². The molecule has 140 valence electrons. The van der Waals surface area contributed by atoms with E-state index in [4.69, 9.17) is 15.4 Å². The Labute approximate surface area is 149 Å². The Morgan fingerprint density at radius 3 is 2.44 bits per heavy atom. The molecule has 11 heteroatoms. The molecule has 0 aliphatic heterocycles. The van der Waals surface area contributed by atoms with Gasteiger partial charge in [0, 0.05) is 11.6 Å². The highest BCUT2D eigenvalue weighted by Crippen LogP contribution is 2.32. The van der Waals surface area contributed by atoms with Gasteiger partial charge >= 0.3 is 6.18 Å². The third-order valence-corrected chi connectivity index (χ3v) is 3.47. The normalized spacial score (nSPS) is 12.2. The average Bonchev–Trinajstić information content (AvgIpc) is 3.09. The van der Waals surface area contributed by atoms with E-state index in [0.29, 0.717) is 11.3 Å². The number of pyridine rings is 1. The van der Waals surface area contributed by atoms with Gasteiger partial charge in [-0.3, -0.25) is 0 Å². The molecule has 0 spiro atoms. The van der Waals surface area contributed by atoms with Crippen molar-refractivity contribution in [2.45, 2.75) is 6.18 Å². The fraction of sp³-hybridized carbons (Fsp3) is 0.0625. The van der Waals surface area contributed by atoms with E-state index in [9.17, 15) is 18.3 Å². The Balaban J connectivity index is 1.77. The number of nitrogens with one attached hydrogen (secondary N) is 1. The average molecular weight is 379 g/mol. The highest BCUT2D eigenvalue weighted by Gasteiger charge is 2.30. The number of hydrogen-bond donors (Lipinski definition) is 4. The van der Waals surface area contributed by atoms with Gasteiger partial charge in [-0.1, -0.05) is 17.3 Å². The van der Waals surface area contributed by atoms with Gasteiger partial charge in [-0.15, -0.1) is 0 Å². The van der Waals surface area contributed by atoms with Crippen LogP contribution in [0.3, 0.4) is 0 Å². The van der Waals surface area contributed by atoms with Gasteiger partial charge < -0.3 is 25.8 Å². The van der Waals surface area contributed by atoms with Crippen molar-refractivity contribution in [1.82, 2.24) is 9.97 Å². The molecule has 0 atom stereocenters. The molecule has 0 bridgehead atoms. The van der Waals surface area contributed by atoms with Gasteiger partial charge in [0.1, 0.15) is 5.75 Å². The lowest BCUT2D eigenvalue weighted by molar-refractivity contribution is -0.137. The minimum Gasteiger partial charge on any atom is -0.505 e.